The summed E-state index contributed by atoms with van der Waals surface area (Å²) in [6, 6.07) is 3.20. The molecule has 57 heavy (non-hydrogen) atoms. The molecule has 0 bridgehead atoms. The van der Waals surface area contributed by atoms with Crippen LogP contribution in [0.4, 0.5) is 0 Å². The van der Waals surface area contributed by atoms with Gasteiger partial charge in [0.2, 0.25) is 18.4 Å². The maximum Gasteiger partial charge on any atom is 0.331 e. The Bertz CT molecular complexity index is 1910. The third kappa shape index (κ3) is 8.01. The molecular weight excluding hydrogens is 992 g/mol. The van der Waals surface area contributed by atoms with Crippen molar-refractivity contribution in [1.82, 2.24) is 0 Å². The summed E-state index contributed by atoms with van der Waals surface area (Å²) in [5, 5.41) is -2.88. The SMILES string of the molecule is CC1CC(Cl)C(Cl)(C(C)C)C(Cl)(S(=O)(=O)Oc2cccc(OS(=O)(=O)C3(Cl)CC(C)CC(Cl)C3(Cl)C(C)C)c2OS(=O)(=O)C2(Cl)CC(C)CC(Cl)C2(Cl)C(C)C)C1. The molecule has 1 aromatic rings. The van der Waals surface area contributed by atoms with E-state index in [0.29, 0.717) is 19.3 Å². The lowest BCUT2D eigenvalue weighted by molar-refractivity contribution is 0.234. The normalized spacial score (nSPS) is 41.0. The molecule has 0 aromatic heterocycles. The fourth-order valence-corrected chi connectivity index (χ4v) is 20.2. The van der Waals surface area contributed by atoms with Crippen molar-refractivity contribution in [3.05, 3.63) is 18.2 Å². The topological polar surface area (TPSA) is 130 Å². The van der Waals surface area contributed by atoms with E-state index in [0.717, 1.165) is 18.2 Å². The van der Waals surface area contributed by atoms with E-state index in [1.807, 2.05) is 0 Å². The van der Waals surface area contributed by atoms with E-state index in [-0.39, 0.29) is 31.1 Å². The molecular formula is C36H51Cl9O9S3. The standard InChI is InChI=1S/C36H51Cl9O9S3/c1-19(2)34(43)27(37)13-22(7)16-31(34,40)55(46,47)52-25-11-10-12-26(53-56(48,49)32(41)17-23(8)14-28(38)35(32,44)20(3)4)30(25)54-57(50,51)33(42)18-24(9)15-29(39)36(33,45)21(5)6/h10-12,19-24,27-29H,13-18H2,1-9H3. The highest BCUT2D eigenvalue weighted by atomic mass is 35.5. The highest BCUT2D eigenvalue weighted by molar-refractivity contribution is 7.91. The van der Waals surface area contributed by atoms with Gasteiger partial charge in [0.15, 0.2) is 11.5 Å². The van der Waals surface area contributed by atoms with Crippen molar-refractivity contribution in [2.75, 3.05) is 0 Å². The first kappa shape index (κ1) is 50.7. The predicted octanol–water partition coefficient (Wildman–Crippen LogP) is 11.6. The molecule has 0 aliphatic heterocycles. The largest absolute Gasteiger partial charge is 0.377 e. The first-order chi connectivity index (χ1) is 25.7. The van der Waals surface area contributed by atoms with Crippen LogP contribution < -0.4 is 12.5 Å². The number of rotatable bonds is 12. The number of alkyl halides is 9. The van der Waals surface area contributed by atoms with Gasteiger partial charge >= 0.3 is 30.4 Å². The minimum Gasteiger partial charge on any atom is -0.377 e. The van der Waals surface area contributed by atoms with Crippen molar-refractivity contribution in [2.45, 2.75) is 144 Å². The molecule has 1 aromatic carbocycles. The van der Waals surface area contributed by atoms with Crippen LogP contribution in [-0.4, -0.2) is 68.6 Å². The molecule has 3 aliphatic carbocycles. The summed E-state index contributed by atoms with van der Waals surface area (Å²) in [4.78, 5) is -5.48. The van der Waals surface area contributed by atoms with Crippen LogP contribution in [0.15, 0.2) is 18.2 Å². The highest BCUT2D eigenvalue weighted by Gasteiger charge is 2.70. The molecule has 330 valence electrons. The van der Waals surface area contributed by atoms with Crippen molar-refractivity contribution >= 4 is 135 Å². The molecule has 12 unspecified atom stereocenters. The summed E-state index contributed by atoms with van der Waals surface area (Å²) >= 11 is 62.9. The maximum absolute atomic E-state index is 14.8. The number of halogens is 9. The van der Waals surface area contributed by atoms with Gasteiger partial charge < -0.3 is 12.5 Å². The average Bonchev–Trinajstić information content (AvgIpc) is 3.05. The molecule has 21 heteroatoms. The lowest BCUT2D eigenvalue weighted by Gasteiger charge is -2.51. The van der Waals surface area contributed by atoms with Gasteiger partial charge in [-0.3, -0.25) is 0 Å². The van der Waals surface area contributed by atoms with Crippen molar-refractivity contribution < 1.29 is 37.8 Å². The number of para-hydroxylation sites is 1. The van der Waals surface area contributed by atoms with Crippen molar-refractivity contribution in [3.8, 4) is 17.2 Å². The molecule has 3 saturated carbocycles. The van der Waals surface area contributed by atoms with E-state index < -0.39 is 115 Å². The van der Waals surface area contributed by atoms with Gasteiger partial charge in [-0.1, -0.05) is 103 Å². The van der Waals surface area contributed by atoms with E-state index in [1.165, 1.54) is 0 Å². The minimum atomic E-state index is -5.26. The van der Waals surface area contributed by atoms with E-state index in [4.69, 9.17) is 117 Å². The van der Waals surface area contributed by atoms with Crippen LogP contribution >= 0.6 is 104 Å². The van der Waals surface area contributed by atoms with Gasteiger partial charge in [0.05, 0.1) is 16.1 Å². The molecule has 0 saturated heterocycles. The molecule has 0 amide bonds. The van der Waals surface area contributed by atoms with Crippen LogP contribution in [0.3, 0.4) is 0 Å². The number of hydrogen-bond acceptors (Lipinski definition) is 9. The van der Waals surface area contributed by atoms with Crippen molar-refractivity contribution in [1.29, 1.82) is 0 Å². The molecule has 0 radical (unpaired) electrons. The molecule has 4 rings (SSSR count). The fourth-order valence-electron chi connectivity index (χ4n) is 8.85. The number of hydrogen-bond donors (Lipinski definition) is 0. The van der Waals surface area contributed by atoms with Crippen LogP contribution in [0.1, 0.15) is 101 Å². The van der Waals surface area contributed by atoms with E-state index >= 15 is 0 Å². The summed E-state index contributed by atoms with van der Waals surface area (Å²) in [6.07, 6.45) is 0.264. The quantitative estimate of drug-likeness (QED) is 0.148. The van der Waals surface area contributed by atoms with Crippen LogP contribution in [0.2, 0.25) is 0 Å². The highest BCUT2D eigenvalue weighted by Crippen LogP contribution is 2.61. The zero-order valence-electron chi connectivity index (χ0n) is 33.0. The zero-order valence-corrected chi connectivity index (χ0v) is 42.2. The summed E-state index contributed by atoms with van der Waals surface area (Å²) < 4.78 is 97.9. The first-order valence-electron chi connectivity index (χ1n) is 18.7. The van der Waals surface area contributed by atoms with Gasteiger partial charge in [0.25, 0.3) is 0 Å². The van der Waals surface area contributed by atoms with Gasteiger partial charge in [0, 0.05) is 0 Å². The third-order valence-corrected chi connectivity index (χ3v) is 25.8. The fraction of sp³-hybridized carbons (Fsp3) is 0.833. The minimum absolute atomic E-state index is 0.219. The second-order valence-corrected chi connectivity index (χ2v) is 28.6. The van der Waals surface area contributed by atoms with Gasteiger partial charge in [-0.15, -0.1) is 69.6 Å². The summed E-state index contributed by atoms with van der Waals surface area (Å²) in [6.45, 7) is 15.1. The lowest BCUT2D eigenvalue weighted by atomic mass is 9.75. The zero-order chi connectivity index (χ0) is 43.9. The Labute approximate surface area is 384 Å². The molecule has 0 heterocycles. The Balaban J connectivity index is 2.00. The van der Waals surface area contributed by atoms with Crippen molar-refractivity contribution in [3.63, 3.8) is 0 Å². The number of benzene rings is 1. The Kier molecular flexibility index (Phi) is 15.0. The van der Waals surface area contributed by atoms with Gasteiger partial charge in [-0.2, -0.15) is 25.3 Å². The Morgan fingerprint density at radius 2 is 0.754 bits per heavy atom. The maximum atomic E-state index is 14.8. The van der Waals surface area contributed by atoms with Gasteiger partial charge in [-0.05, 0) is 86.2 Å². The predicted molar refractivity (Wildman–Crippen MR) is 235 cm³/mol. The molecule has 3 aliphatic rings. The monoisotopic (exact) mass is 1040 g/mol. The lowest BCUT2D eigenvalue weighted by Crippen LogP contribution is -2.64. The second kappa shape index (κ2) is 16.9. The summed E-state index contributed by atoms with van der Waals surface area (Å²) in [5.41, 5.74) is 0. The second-order valence-electron chi connectivity index (χ2n) is 17.2. The molecule has 9 nitrogen and oxygen atoms in total. The summed E-state index contributed by atoms with van der Waals surface area (Å²) in [7, 11) is -15.5. The molecule has 0 N–H and O–H groups in total. The van der Waals surface area contributed by atoms with E-state index in [1.54, 1.807) is 62.3 Å². The van der Waals surface area contributed by atoms with Crippen molar-refractivity contribution in [2.24, 2.45) is 35.5 Å². The average molecular weight is 1040 g/mol. The molecule has 0 spiro atoms. The smallest absolute Gasteiger partial charge is 0.331 e. The van der Waals surface area contributed by atoms with E-state index in [9.17, 15) is 25.3 Å². The van der Waals surface area contributed by atoms with E-state index in [2.05, 4.69) is 0 Å². The van der Waals surface area contributed by atoms with Crippen LogP contribution in [0.25, 0.3) is 0 Å². The molecule has 3 fully saturated rings. The summed E-state index contributed by atoms with van der Waals surface area (Å²) in [5.74, 6) is -5.71. The van der Waals surface area contributed by atoms with Crippen LogP contribution in [0.5, 0.6) is 17.2 Å². The Morgan fingerprint density at radius 3 is 1.00 bits per heavy atom. The first-order valence-corrected chi connectivity index (χ1v) is 26.5. The van der Waals surface area contributed by atoms with Gasteiger partial charge in [0.1, 0.15) is 14.6 Å². The Hall–Kier alpha value is 1.08. The van der Waals surface area contributed by atoms with Crippen LogP contribution in [0, 0.1) is 35.5 Å². The molecule has 12 atom stereocenters. The Morgan fingerprint density at radius 1 is 0.509 bits per heavy atom. The third-order valence-electron chi connectivity index (χ3n) is 12.0. The van der Waals surface area contributed by atoms with Gasteiger partial charge in [-0.25, -0.2) is 0 Å². The van der Waals surface area contributed by atoms with Crippen LogP contribution in [-0.2, 0) is 30.4 Å².